The van der Waals surface area contributed by atoms with E-state index in [1.165, 1.54) is 12.3 Å². The number of nitrogens with zero attached hydrogens (tertiary/aromatic N) is 4. The van der Waals surface area contributed by atoms with Gasteiger partial charge in [0.15, 0.2) is 5.82 Å². The van der Waals surface area contributed by atoms with Crippen LogP contribution in [0.25, 0.3) is 55.8 Å². The van der Waals surface area contributed by atoms with Gasteiger partial charge in [0.25, 0.3) is 0 Å². The number of aromatic amines is 2. The molecular weight excluding hydrogens is 477 g/mol. The first-order chi connectivity index (χ1) is 17.5. The number of anilines is 1. The summed E-state index contributed by atoms with van der Waals surface area (Å²) in [5.41, 5.74) is 5.84. The number of nitrogens with one attached hydrogen (secondary N) is 3. The van der Waals surface area contributed by atoms with Gasteiger partial charge >= 0.3 is 0 Å². The highest BCUT2D eigenvalue weighted by atomic mass is 32.1. The van der Waals surface area contributed by atoms with E-state index >= 15 is 4.39 Å². The van der Waals surface area contributed by atoms with Gasteiger partial charge in [-0.3, -0.25) is 19.9 Å². The SMILES string of the molecule is CC(C)C(=O)Nc1cncc(-c2cc3c(-c4nc5c(-c6ccsc6)nccc5[nH]4)n[nH]c3cc2F)c1. The van der Waals surface area contributed by atoms with Crippen molar-refractivity contribution in [3.8, 4) is 33.9 Å². The highest BCUT2D eigenvalue weighted by molar-refractivity contribution is 7.08. The van der Waals surface area contributed by atoms with E-state index < -0.39 is 5.82 Å². The molecule has 3 N–H and O–H groups in total. The van der Waals surface area contributed by atoms with Gasteiger partial charge in [0.1, 0.15) is 17.0 Å². The molecule has 0 fully saturated rings. The maximum atomic E-state index is 15.1. The number of amides is 1. The quantitative estimate of drug-likeness (QED) is 0.269. The highest BCUT2D eigenvalue weighted by Crippen LogP contribution is 2.34. The molecule has 5 heterocycles. The zero-order valence-corrected chi connectivity index (χ0v) is 20.2. The van der Waals surface area contributed by atoms with E-state index in [0.29, 0.717) is 39.2 Å². The Morgan fingerprint density at radius 2 is 1.97 bits per heavy atom. The molecule has 1 aromatic carbocycles. The van der Waals surface area contributed by atoms with Gasteiger partial charge in [0, 0.05) is 51.8 Å². The van der Waals surface area contributed by atoms with Crippen molar-refractivity contribution in [3.05, 3.63) is 65.5 Å². The number of aromatic nitrogens is 6. The number of halogens is 1. The molecule has 0 aliphatic carbocycles. The molecule has 178 valence electrons. The van der Waals surface area contributed by atoms with Crippen LogP contribution in [0.3, 0.4) is 0 Å². The Labute approximate surface area is 208 Å². The maximum absolute atomic E-state index is 15.1. The Morgan fingerprint density at radius 3 is 2.78 bits per heavy atom. The van der Waals surface area contributed by atoms with Gasteiger partial charge in [-0.15, -0.1) is 0 Å². The molecule has 6 rings (SSSR count). The molecule has 5 aromatic heterocycles. The van der Waals surface area contributed by atoms with Crippen LogP contribution in [0.5, 0.6) is 0 Å². The first-order valence-corrected chi connectivity index (χ1v) is 12.2. The molecule has 8 nitrogen and oxygen atoms in total. The zero-order valence-electron chi connectivity index (χ0n) is 19.3. The maximum Gasteiger partial charge on any atom is 0.226 e. The van der Waals surface area contributed by atoms with E-state index in [2.05, 4.69) is 30.5 Å². The van der Waals surface area contributed by atoms with E-state index in [9.17, 15) is 4.79 Å². The fourth-order valence-electron chi connectivity index (χ4n) is 4.04. The van der Waals surface area contributed by atoms with Gasteiger partial charge in [-0.1, -0.05) is 13.8 Å². The van der Waals surface area contributed by atoms with Crippen LogP contribution in [0.2, 0.25) is 0 Å². The Morgan fingerprint density at radius 1 is 1.08 bits per heavy atom. The fraction of sp³-hybridized carbons (Fsp3) is 0.115. The highest BCUT2D eigenvalue weighted by Gasteiger charge is 2.19. The summed E-state index contributed by atoms with van der Waals surface area (Å²) in [4.78, 5) is 28.9. The van der Waals surface area contributed by atoms with Crippen LogP contribution >= 0.6 is 11.3 Å². The van der Waals surface area contributed by atoms with Crippen molar-refractivity contribution in [3.63, 3.8) is 0 Å². The molecule has 10 heteroatoms. The van der Waals surface area contributed by atoms with Crippen molar-refractivity contribution < 1.29 is 9.18 Å². The van der Waals surface area contributed by atoms with E-state index in [4.69, 9.17) is 4.98 Å². The van der Waals surface area contributed by atoms with Gasteiger partial charge in [-0.2, -0.15) is 16.4 Å². The lowest BCUT2D eigenvalue weighted by molar-refractivity contribution is -0.118. The van der Waals surface area contributed by atoms with E-state index in [1.807, 2.05) is 22.9 Å². The largest absolute Gasteiger partial charge is 0.336 e. The molecule has 0 saturated heterocycles. The number of carbonyl (C=O) groups is 1. The first kappa shape index (κ1) is 22.1. The molecule has 0 atom stereocenters. The summed E-state index contributed by atoms with van der Waals surface area (Å²) < 4.78 is 15.1. The second-order valence-corrected chi connectivity index (χ2v) is 9.49. The van der Waals surface area contributed by atoms with Gasteiger partial charge in [0.05, 0.1) is 28.6 Å². The predicted molar refractivity (Wildman–Crippen MR) is 139 cm³/mol. The standard InChI is InChI=1S/C26H20FN7OS/c1-13(2)26(35)30-16-7-15(10-28-11-16)17-8-18-21(9-19(17)27)33-34-23(18)25-31-20-3-5-29-22(24(20)32-25)14-4-6-36-12-14/h3-13H,1-2H3,(H,30,35)(H,31,32)(H,33,34). The average Bonchev–Trinajstić information content (AvgIpc) is 3.62. The number of thiophene rings is 1. The van der Waals surface area contributed by atoms with Crippen LogP contribution in [0, 0.1) is 11.7 Å². The number of benzene rings is 1. The van der Waals surface area contributed by atoms with Gasteiger partial charge in [0.2, 0.25) is 5.91 Å². The summed E-state index contributed by atoms with van der Waals surface area (Å²) in [5, 5.41) is 14.9. The number of imidazole rings is 1. The number of carbonyl (C=O) groups excluding carboxylic acids is 1. The van der Waals surface area contributed by atoms with Crippen LogP contribution in [-0.4, -0.2) is 36.0 Å². The molecule has 0 unspecified atom stereocenters. The van der Waals surface area contributed by atoms with Gasteiger partial charge < -0.3 is 10.3 Å². The number of hydrogen-bond donors (Lipinski definition) is 3. The third-order valence-corrected chi connectivity index (χ3v) is 6.59. The normalized spacial score (nSPS) is 11.6. The Bertz CT molecular complexity index is 1740. The lowest BCUT2D eigenvalue weighted by atomic mass is 10.0. The molecule has 6 aromatic rings. The predicted octanol–water partition coefficient (Wildman–Crippen LogP) is 6.03. The Hall–Kier alpha value is -4.44. The molecule has 36 heavy (non-hydrogen) atoms. The fourth-order valence-corrected chi connectivity index (χ4v) is 4.68. The van der Waals surface area contributed by atoms with Crippen molar-refractivity contribution >= 4 is 44.9 Å². The van der Waals surface area contributed by atoms with Crippen molar-refractivity contribution in [2.75, 3.05) is 5.32 Å². The monoisotopic (exact) mass is 497 g/mol. The number of pyridine rings is 2. The van der Waals surface area contributed by atoms with Gasteiger partial charge in [-0.05, 0) is 29.6 Å². The minimum absolute atomic E-state index is 0.136. The van der Waals surface area contributed by atoms with Crippen molar-refractivity contribution in [2.24, 2.45) is 5.92 Å². The summed E-state index contributed by atoms with van der Waals surface area (Å²) in [6, 6.07) is 8.70. The van der Waals surface area contributed by atoms with E-state index in [1.54, 1.807) is 49.7 Å². The smallest absolute Gasteiger partial charge is 0.226 e. The third-order valence-electron chi connectivity index (χ3n) is 5.91. The number of fused-ring (bicyclic) bond motifs is 2. The number of rotatable bonds is 5. The number of H-pyrrole nitrogens is 2. The lowest BCUT2D eigenvalue weighted by Crippen LogP contribution is -2.17. The molecule has 0 saturated carbocycles. The minimum atomic E-state index is -0.430. The summed E-state index contributed by atoms with van der Waals surface area (Å²) >= 11 is 1.60. The van der Waals surface area contributed by atoms with Crippen LogP contribution in [0.1, 0.15) is 13.8 Å². The van der Waals surface area contributed by atoms with Crippen LogP contribution in [0.4, 0.5) is 10.1 Å². The molecule has 0 aliphatic rings. The van der Waals surface area contributed by atoms with Crippen LogP contribution < -0.4 is 5.32 Å². The van der Waals surface area contributed by atoms with Crippen LogP contribution in [0.15, 0.2) is 59.7 Å². The molecule has 0 bridgehead atoms. The molecule has 0 aliphatic heterocycles. The van der Waals surface area contributed by atoms with Crippen molar-refractivity contribution in [1.82, 2.24) is 30.1 Å². The van der Waals surface area contributed by atoms with E-state index in [0.717, 1.165) is 22.3 Å². The second kappa shape index (κ2) is 8.65. The summed E-state index contributed by atoms with van der Waals surface area (Å²) in [7, 11) is 0. The van der Waals surface area contributed by atoms with Crippen molar-refractivity contribution in [1.29, 1.82) is 0 Å². The summed E-state index contributed by atoms with van der Waals surface area (Å²) in [6.07, 6.45) is 4.84. The first-order valence-electron chi connectivity index (χ1n) is 11.3. The molecule has 0 spiro atoms. The van der Waals surface area contributed by atoms with E-state index in [-0.39, 0.29) is 11.8 Å². The van der Waals surface area contributed by atoms with Gasteiger partial charge in [-0.25, -0.2) is 9.37 Å². The third kappa shape index (κ3) is 3.81. The molecule has 0 radical (unpaired) electrons. The Kier molecular flexibility index (Phi) is 5.30. The molecule has 1 amide bonds. The summed E-state index contributed by atoms with van der Waals surface area (Å²) in [5.74, 6) is -0.201. The molecular formula is C26H20FN7OS. The number of hydrogen-bond acceptors (Lipinski definition) is 6. The van der Waals surface area contributed by atoms with Crippen molar-refractivity contribution in [2.45, 2.75) is 13.8 Å². The zero-order chi connectivity index (χ0) is 24.8. The lowest BCUT2D eigenvalue weighted by Gasteiger charge is -2.09. The average molecular weight is 498 g/mol. The van der Waals surface area contributed by atoms with Crippen LogP contribution in [-0.2, 0) is 4.79 Å². The second-order valence-electron chi connectivity index (χ2n) is 8.71. The summed E-state index contributed by atoms with van der Waals surface area (Å²) in [6.45, 7) is 3.61. The minimum Gasteiger partial charge on any atom is -0.336 e. The topological polar surface area (TPSA) is 112 Å². The Balaban J connectivity index is 1.44.